The van der Waals surface area contributed by atoms with E-state index >= 15 is 0 Å². The van der Waals surface area contributed by atoms with Gasteiger partial charge in [0.05, 0.1) is 18.1 Å². The highest BCUT2D eigenvalue weighted by atomic mass is 32.2. The van der Waals surface area contributed by atoms with E-state index in [9.17, 15) is 18.0 Å². The molecular formula is C20H29N3O5S. The molecule has 0 saturated carbocycles. The van der Waals surface area contributed by atoms with Crippen molar-refractivity contribution in [2.24, 2.45) is 0 Å². The van der Waals surface area contributed by atoms with Gasteiger partial charge in [-0.1, -0.05) is 12.5 Å². The lowest BCUT2D eigenvalue weighted by atomic mass is 10.1. The third-order valence-electron chi connectivity index (χ3n) is 5.49. The number of ether oxygens (including phenoxy) is 1. The highest BCUT2D eigenvalue weighted by Gasteiger charge is 2.31. The van der Waals surface area contributed by atoms with Crippen LogP contribution in [-0.2, 0) is 19.6 Å². The fourth-order valence-electron chi connectivity index (χ4n) is 3.76. The van der Waals surface area contributed by atoms with Crippen molar-refractivity contribution in [2.75, 3.05) is 32.8 Å². The van der Waals surface area contributed by atoms with E-state index in [0.29, 0.717) is 32.8 Å². The summed E-state index contributed by atoms with van der Waals surface area (Å²) in [6, 6.07) is 5.25. The number of carbonyl (C=O) groups is 2. The SMILES string of the molecule is CC(NC(=O)c1cccc(S(=O)(=O)N2CCCCC2C)c1)C(=O)N1CCOCC1. The Kier molecular flexibility index (Phi) is 6.92. The lowest BCUT2D eigenvalue weighted by Gasteiger charge is -2.32. The van der Waals surface area contributed by atoms with Crippen LogP contribution in [0.4, 0.5) is 0 Å². The number of nitrogens with zero attached hydrogens (tertiary/aromatic N) is 2. The summed E-state index contributed by atoms with van der Waals surface area (Å²) in [5.74, 6) is -0.643. The Morgan fingerprint density at radius 1 is 1.17 bits per heavy atom. The van der Waals surface area contributed by atoms with Crippen LogP contribution in [0.25, 0.3) is 0 Å². The van der Waals surface area contributed by atoms with Crippen LogP contribution in [0.5, 0.6) is 0 Å². The molecule has 0 bridgehead atoms. The molecule has 1 aromatic carbocycles. The molecule has 0 spiro atoms. The largest absolute Gasteiger partial charge is 0.378 e. The van der Waals surface area contributed by atoms with Crippen molar-refractivity contribution in [1.29, 1.82) is 0 Å². The molecule has 0 aromatic heterocycles. The van der Waals surface area contributed by atoms with Gasteiger partial charge in [-0.2, -0.15) is 4.31 Å². The van der Waals surface area contributed by atoms with Gasteiger partial charge in [-0.25, -0.2) is 8.42 Å². The number of hydrogen-bond donors (Lipinski definition) is 1. The Morgan fingerprint density at radius 2 is 1.90 bits per heavy atom. The van der Waals surface area contributed by atoms with Crippen molar-refractivity contribution >= 4 is 21.8 Å². The number of morpholine rings is 1. The van der Waals surface area contributed by atoms with E-state index in [-0.39, 0.29) is 22.4 Å². The van der Waals surface area contributed by atoms with Crippen molar-refractivity contribution < 1.29 is 22.7 Å². The van der Waals surface area contributed by atoms with Crippen LogP contribution >= 0.6 is 0 Å². The standard InChI is InChI=1S/C20H29N3O5S/c1-15-6-3-4-9-23(15)29(26,27)18-8-5-7-17(14-18)19(24)21-16(2)20(25)22-10-12-28-13-11-22/h5,7-8,14-16H,3-4,6,9-13H2,1-2H3,(H,21,24). The number of nitrogens with one attached hydrogen (secondary N) is 1. The number of piperidine rings is 1. The second-order valence-corrected chi connectivity index (χ2v) is 9.51. The third kappa shape index (κ3) is 4.96. The van der Waals surface area contributed by atoms with Gasteiger partial charge in [0.25, 0.3) is 5.91 Å². The van der Waals surface area contributed by atoms with E-state index in [1.54, 1.807) is 24.0 Å². The zero-order chi connectivity index (χ0) is 21.0. The topological polar surface area (TPSA) is 96.0 Å². The molecule has 2 heterocycles. The van der Waals surface area contributed by atoms with Crippen LogP contribution in [0, 0.1) is 0 Å². The summed E-state index contributed by atoms with van der Waals surface area (Å²) in [7, 11) is -3.66. The molecule has 9 heteroatoms. The lowest BCUT2D eigenvalue weighted by molar-refractivity contribution is -0.136. The fraction of sp³-hybridized carbons (Fsp3) is 0.600. The van der Waals surface area contributed by atoms with E-state index < -0.39 is 22.0 Å². The molecule has 2 unspecified atom stereocenters. The predicted octanol–water partition coefficient (Wildman–Crippen LogP) is 1.23. The number of rotatable bonds is 5. The van der Waals surface area contributed by atoms with E-state index in [1.165, 1.54) is 16.4 Å². The van der Waals surface area contributed by atoms with Gasteiger partial charge in [0.1, 0.15) is 6.04 Å². The molecule has 2 aliphatic heterocycles. The number of sulfonamides is 1. The van der Waals surface area contributed by atoms with Crippen LogP contribution < -0.4 is 5.32 Å². The van der Waals surface area contributed by atoms with Crippen molar-refractivity contribution in [3.63, 3.8) is 0 Å². The summed E-state index contributed by atoms with van der Waals surface area (Å²) in [4.78, 5) is 26.9. The molecule has 2 aliphatic rings. The molecule has 2 saturated heterocycles. The normalized spacial score (nSPS) is 22.1. The summed E-state index contributed by atoms with van der Waals surface area (Å²) in [5, 5.41) is 2.68. The molecule has 160 valence electrons. The Bertz CT molecular complexity index is 851. The minimum Gasteiger partial charge on any atom is -0.378 e. The average molecular weight is 424 g/mol. The smallest absolute Gasteiger partial charge is 0.251 e. The molecule has 29 heavy (non-hydrogen) atoms. The first-order valence-electron chi connectivity index (χ1n) is 10.1. The lowest BCUT2D eigenvalue weighted by Crippen LogP contribution is -2.50. The van der Waals surface area contributed by atoms with E-state index in [1.807, 2.05) is 6.92 Å². The third-order valence-corrected chi connectivity index (χ3v) is 7.50. The van der Waals surface area contributed by atoms with E-state index in [4.69, 9.17) is 4.74 Å². The average Bonchev–Trinajstić information content (AvgIpc) is 2.74. The number of amides is 2. The molecule has 2 fully saturated rings. The van der Waals surface area contributed by atoms with Crippen LogP contribution in [0.3, 0.4) is 0 Å². The van der Waals surface area contributed by atoms with Gasteiger partial charge in [-0.15, -0.1) is 0 Å². The Balaban J connectivity index is 1.71. The number of benzene rings is 1. The Hall–Kier alpha value is -1.97. The van der Waals surface area contributed by atoms with Crippen LogP contribution in [-0.4, -0.2) is 74.4 Å². The summed E-state index contributed by atoms with van der Waals surface area (Å²) in [5.41, 5.74) is 0.220. The molecule has 2 atom stereocenters. The number of hydrogen-bond acceptors (Lipinski definition) is 5. The van der Waals surface area contributed by atoms with Gasteiger partial charge in [0, 0.05) is 31.2 Å². The summed E-state index contributed by atoms with van der Waals surface area (Å²) < 4.78 is 32.8. The summed E-state index contributed by atoms with van der Waals surface area (Å²) in [6.07, 6.45) is 2.69. The zero-order valence-electron chi connectivity index (χ0n) is 17.0. The highest BCUT2D eigenvalue weighted by molar-refractivity contribution is 7.89. The quantitative estimate of drug-likeness (QED) is 0.768. The van der Waals surface area contributed by atoms with Crippen molar-refractivity contribution in [3.8, 4) is 0 Å². The molecule has 0 radical (unpaired) electrons. The van der Waals surface area contributed by atoms with Gasteiger partial charge >= 0.3 is 0 Å². The van der Waals surface area contributed by atoms with Gasteiger partial charge in [0.2, 0.25) is 15.9 Å². The maximum Gasteiger partial charge on any atom is 0.251 e. The van der Waals surface area contributed by atoms with Gasteiger partial charge in [0.15, 0.2) is 0 Å². The van der Waals surface area contributed by atoms with Crippen LogP contribution in [0.15, 0.2) is 29.2 Å². The van der Waals surface area contributed by atoms with Crippen molar-refractivity contribution in [2.45, 2.75) is 50.1 Å². The number of carbonyl (C=O) groups excluding carboxylic acids is 2. The van der Waals surface area contributed by atoms with E-state index in [0.717, 1.165) is 19.3 Å². The molecule has 2 amide bonds. The molecule has 1 N–H and O–H groups in total. The highest BCUT2D eigenvalue weighted by Crippen LogP contribution is 2.25. The fourth-order valence-corrected chi connectivity index (χ4v) is 5.51. The first kappa shape index (κ1) is 21.7. The maximum absolute atomic E-state index is 13.0. The Morgan fingerprint density at radius 3 is 2.59 bits per heavy atom. The Labute approximate surface area is 172 Å². The second kappa shape index (κ2) is 9.23. The molecule has 3 rings (SSSR count). The van der Waals surface area contributed by atoms with E-state index in [2.05, 4.69) is 5.32 Å². The van der Waals surface area contributed by atoms with Gasteiger partial charge in [-0.3, -0.25) is 9.59 Å². The maximum atomic E-state index is 13.0. The minimum absolute atomic E-state index is 0.0580. The molecule has 1 aromatic rings. The monoisotopic (exact) mass is 423 g/mol. The predicted molar refractivity (Wildman–Crippen MR) is 108 cm³/mol. The summed E-state index contributed by atoms with van der Waals surface area (Å²) in [6.45, 7) is 6.01. The van der Waals surface area contributed by atoms with Crippen LogP contribution in [0.2, 0.25) is 0 Å². The van der Waals surface area contributed by atoms with Crippen molar-refractivity contribution in [1.82, 2.24) is 14.5 Å². The molecule has 8 nitrogen and oxygen atoms in total. The summed E-state index contributed by atoms with van der Waals surface area (Å²) >= 11 is 0. The first-order valence-corrected chi connectivity index (χ1v) is 11.5. The molecular weight excluding hydrogens is 394 g/mol. The van der Waals surface area contributed by atoms with Crippen LogP contribution in [0.1, 0.15) is 43.5 Å². The van der Waals surface area contributed by atoms with Gasteiger partial charge in [-0.05, 0) is 44.9 Å². The zero-order valence-corrected chi connectivity index (χ0v) is 17.8. The molecule has 0 aliphatic carbocycles. The van der Waals surface area contributed by atoms with Crippen molar-refractivity contribution in [3.05, 3.63) is 29.8 Å². The van der Waals surface area contributed by atoms with Gasteiger partial charge < -0.3 is 15.0 Å². The first-order chi connectivity index (χ1) is 13.8. The second-order valence-electron chi connectivity index (χ2n) is 7.62. The minimum atomic E-state index is -3.66.